The van der Waals surface area contributed by atoms with Crippen molar-refractivity contribution in [3.05, 3.63) is 29.8 Å². The van der Waals surface area contributed by atoms with Crippen LogP contribution in [0.15, 0.2) is 22.6 Å². The third-order valence-corrected chi connectivity index (χ3v) is 2.80. The number of sulfonamides is 1. The molecule has 84 valence electrons. The molecular formula is C9H14N2O3S. The van der Waals surface area contributed by atoms with Crippen molar-refractivity contribution in [2.45, 2.75) is 19.8 Å². The van der Waals surface area contributed by atoms with E-state index >= 15 is 0 Å². The van der Waals surface area contributed by atoms with E-state index in [1.807, 2.05) is 6.92 Å². The van der Waals surface area contributed by atoms with E-state index in [1.54, 1.807) is 6.20 Å². The standard InChI is InChI=1S/C9H14N2O3S/c1-3-15(12,13)11-6-4-5-9-10-7-8(2)14-9/h3,7,11H,1,4-6H2,2H3. The van der Waals surface area contributed by atoms with Gasteiger partial charge >= 0.3 is 0 Å². The van der Waals surface area contributed by atoms with Crippen molar-refractivity contribution in [2.75, 3.05) is 6.54 Å². The van der Waals surface area contributed by atoms with Crippen molar-refractivity contribution in [3.63, 3.8) is 0 Å². The molecule has 0 atom stereocenters. The Labute approximate surface area is 89.3 Å². The Morgan fingerprint density at radius 1 is 1.67 bits per heavy atom. The van der Waals surface area contributed by atoms with Crippen molar-refractivity contribution in [2.24, 2.45) is 0 Å². The molecule has 0 aromatic carbocycles. The highest BCUT2D eigenvalue weighted by molar-refractivity contribution is 7.92. The summed E-state index contributed by atoms with van der Waals surface area (Å²) in [6, 6.07) is 0. The molecule has 0 bridgehead atoms. The summed E-state index contributed by atoms with van der Waals surface area (Å²) in [4.78, 5) is 4.01. The first-order valence-corrected chi connectivity index (χ1v) is 6.11. The molecule has 0 fully saturated rings. The van der Waals surface area contributed by atoms with Crippen LogP contribution < -0.4 is 4.72 Å². The number of nitrogens with zero attached hydrogens (tertiary/aromatic N) is 1. The monoisotopic (exact) mass is 230 g/mol. The summed E-state index contributed by atoms with van der Waals surface area (Å²) >= 11 is 0. The third-order valence-electron chi connectivity index (χ3n) is 1.76. The van der Waals surface area contributed by atoms with Gasteiger partial charge in [0.15, 0.2) is 5.89 Å². The van der Waals surface area contributed by atoms with Crippen LogP contribution in [0.4, 0.5) is 0 Å². The topological polar surface area (TPSA) is 72.2 Å². The molecule has 1 N–H and O–H groups in total. The fourth-order valence-corrected chi connectivity index (χ4v) is 1.58. The largest absolute Gasteiger partial charge is 0.446 e. The minimum Gasteiger partial charge on any atom is -0.446 e. The van der Waals surface area contributed by atoms with E-state index in [0.29, 0.717) is 25.3 Å². The van der Waals surface area contributed by atoms with Crippen molar-refractivity contribution >= 4 is 10.0 Å². The summed E-state index contributed by atoms with van der Waals surface area (Å²) in [6.45, 7) is 5.36. The van der Waals surface area contributed by atoms with E-state index in [2.05, 4.69) is 16.3 Å². The van der Waals surface area contributed by atoms with Crippen LogP contribution in [-0.2, 0) is 16.4 Å². The molecule has 0 unspecified atom stereocenters. The molecule has 1 aromatic rings. The van der Waals surface area contributed by atoms with E-state index in [9.17, 15) is 8.42 Å². The number of aromatic nitrogens is 1. The highest BCUT2D eigenvalue weighted by Gasteiger charge is 2.04. The van der Waals surface area contributed by atoms with Gasteiger partial charge in [0.2, 0.25) is 10.0 Å². The van der Waals surface area contributed by atoms with Gasteiger partial charge in [0.1, 0.15) is 5.76 Å². The molecule has 0 saturated carbocycles. The van der Waals surface area contributed by atoms with Gasteiger partial charge in [0, 0.05) is 18.4 Å². The average molecular weight is 230 g/mol. The second kappa shape index (κ2) is 5.09. The summed E-state index contributed by atoms with van der Waals surface area (Å²) in [5.41, 5.74) is 0. The van der Waals surface area contributed by atoms with Crippen molar-refractivity contribution in [1.29, 1.82) is 0 Å². The predicted molar refractivity (Wildman–Crippen MR) is 56.7 cm³/mol. The smallest absolute Gasteiger partial charge is 0.233 e. The van der Waals surface area contributed by atoms with Gasteiger partial charge in [-0.05, 0) is 13.3 Å². The highest BCUT2D eigenvalue weighted by atomic mass is 32.2. The van der Waals surface area contributed by atoms with E-state index in [1.165, 1.54) is 0 Å². The molecule has 0 aliphatic carbocycles. The van der Waals surface area contributed by atoms with Crippen molar-refractivity contribution in [3.8, 4) is 0 Å². The zero-order valence-corrected chi connectivity index (χ0v) is 9.38. The maximum atomic E-state index is 10.9. The summed E-state index contributed by atoms with van der Waals surface area (Å²) < 4.78 is 29.5. The number of oxazole rings is 1. The lowest BCUT2D eigenvalue weighted by Crippen LogP contribution is -2.22. The summed E-state index contributed by atoms with van der Waals surface area (Å²) in [5, 5.41) is 0.891. The number of hydrogen-bond donors (Lipinski definition) is 1. The summed E-state index contributed by atoms with van der Waals surface area (Å²) in [5.74, 6) is 1.39. The lowest BCUT2D eigenvalue weighted by atomic mass is 10.3. The Kier molecular flexibility index (Phi) is 4.05. The minimum absolute atomic E-state index is 0.357. The SMILES string of the molecule is C=CS(=O)(=O)NCCCc1ncc(C)o1. The summed E-state index contributed by atoms with van der Waals surface area (Å²) in [7, 11) is -3.31. The Hall–Kier alpha value is -1.14. The lowest BCUT2D eigenvalue weighted by Gasteiger charge is -2.00. The Morgan fingerprint density at radius 3 is 2.93 bits per heavy atom. The molecule has 0 spiro atoms. The molecular weight excluding hydrogens is 216 g/mol. The number of rotatable bonds is 6. The Balaban J connectivity index is 2.26. The van der Waals surface area contributed by atoms with Crippen molar-refractivity contribution < 1.29 is 12.8 Å². The number of nitrogens with one attached hydrogen (secondary N) is 1. The zero-order chi connectivity index (χ0) is 11.3. The second-order valence-electron chi connectivity index (χ2n) is 3.07. The molecule has 0 radical (unpaired) electrons. The quantitative estimate of drug-likeness (QED) is 0.739. The molecule has 5 nitrogen and oxygen atoms in total. The first kappa shape index (κ1) is 11.9. The van der Waals surface area contributed by atoms with Gasteiger partial charge in [0.05, 0.1) is 6.20 Å². The second-order valence-corrected chi connectivity index (χ2v) is 4.79. The van der Waals surface area contributed by atoms with Gasteiger partial charge in [-0.2, -0.15) is 0 Å². The van der Waals surface area contributed by atoms with Crippen molar-refractivity contribution in [1.82, 2.24) is 9.71 Å². The minimum atomic E-state index is -3.31. The van der Waals surface area contributed by atoms with Crippen LogP contribution in [0.1, 0.15) is 18.1 Å². The van der Waals surface area contributed by atoms with E-state index in [-0.39, 0.29) is 0 Å². The molecule has 1 rings (SSSR count). The summed E-state index contributed by atoms with van der Waals surface area (Å²) in [6.07, 6.45) is 2.91. The molecule has 0 amide bonds. The number of hydrogen-bond acceptors (Lipinski definition) is 4. The van der Waals surface area contributed by atoms with Gasteiger partial charge in [-0.25, -0.2) is 18.1 Å². The normalized spacial score (nSPS) is 11.5. The highest BCUT2D eigenvalue weighted by Crippen LogP contribution is 2.03. The van der Waals surface area contributed by atoms with E-state index in [4.69, 9.17) is 4.42 Å². The average Bonchev–Trinajstić information content (AvgIpc) is 2.59. The first-order valence-electron chi connectivity index (χ1n) is 4.57. The molecule has 0 aliphatic rings. The van der Waals surface area contributed by atoms with Gasteiger partial charge in [-0.1, -0.05) is 6.58 Å². The molecule has 6 heteroatoms. The maximum Gasteiger partial charge on any atom is 0.233 e. The predicted octanol–water partition coefficient (Wildman–Crippen LogP) is 0.979. The van der Waals surface area contributed by atoms with Crippen LogP contribution >= 0.6 is 0 Å². The molecule has 15 heavy (non-hydrogen) atoms. The van der Waals surface area contributed by atoms with E-state index < -0.39 is 10.0 Å². The molecule has 0 saturated heterocycles. The van der Waals surface area contributed by atoms with Crippen LogP contribution in [0.3, 0.4) is 0 Å². The zero-order valence-electron chi connectivity index (χ0n) is 8.56. The third kappa shape index (κ3) is 4.26. The van der Waals surface area contributed by atoms with Crippen LogP contribution in [0.25, 0.3) is 0 Å². The first-order chi connectivity index (χ1) is 7.03. The van der Waals surface area contributed by atoms with Crippen LogP contribution in [0, 0.1) is 6.92 Å². The lowest BCUT2D eigenvalue weighted by molar-refractivity contribution is 0.464. The Morgan fingerprint density at radius 2 is 2.40 bits per heavy atom. The maximum absolute atomic E-state index is 10.9. The van der Waals surface area contributed by atoms with Gasteiger partial charge in [-0.15, -0.1) is 0 Å². The van der Waals surface area contributed by atoms with Crippen LogP contribution in [0.5, 0.6) is 0 Å². The fraction of sp³-hybridized carbons (Fsp3) is 0.444. The van der Waals surface area contributed by atoms with Gasteiger partial charge in [-0.3, -0.25) is 0 Å². The van der Waals surface area contributed by atoms with Gasteiger partial charge < -0.3 is 4.42 Å². The number of aryl methyl sites for hydroxylation is 2. The van der Waals surface area contributed by atoms with E-state index in [0.717, 1.165) is 11.2 Å². The molecule has 1 heterocycles. The fourth-order valence-electron chi connectivity index (χ4n) is 1.03. The Bertz CT molecular complexity index is 422. The van der Waals surface area contributed by atoms with Gasteiger partial charge in [0.25, 0.3) is 0 Å². The van der Waals surface area contributed by atoms with Crippen LogP contribution in [0.2, 0.25) is 0 Å². The molecule has 1 aromatic heterocycles. The van der Waals surface area contributed by atoms with Crippen LogP contribution in [-0.4, -0.2) is 19.9 Å². The molecule has 0 aliphatic heterocycles.